The average Bonchev–Trinajstić information content (AvgIpc) is 2.98. The second-order valence-electron chi connectivity index (χ2n) is 8.38. The fraction of sp³-hybridized carbons (Fsp3) is 0.545. The van der Waals surface area contributed by atoms with E-state index in [2.05, 4.69) is 4.90 Å². The Morgan fingerprint density at radius 2 is 1.89 bits per heavy atom. The van der Waals surface area contributed by atoms with E-state index in [4.69, 9.17) is 9.47 Å². The molecule has 0 radical (unpaired) electrons. The Hall–Kier alpha value is -2.30. The average molecular weight is 371 g/mol. The van der Waals surface area contributed by atoms with Crippen molar-refractivity contribution in [2.75, 3.05) is 0 Å². The quantitative estimate of drug-likeness (QED) is 0.594. The molecule has 0 N–H and O–H groups in total. The summed E-state index contributed by atoms with van der Waals surface area (Å²) in [6.45, 7) is 8.12. The molecule has 1 unspecified atom stereocenters. The molecule has 2 aliphatic heterocycles. The second-order valence-corrected chi connectivity index (χ2v) is 8.38. The number of rotatable bonds is 3. The fourth-order valence-electron chi connectivity index (χ4n) is 3.71. The van der Waals surface area contributed by atoms with Crippen LogP contribution in [0, 0.1) is 0 Å². The number of ether oxygens (including phenoxy) is 2. The van der Waals surface area contributed by atoms with Crippen molar-refractivity contribution < 1.29 is 19.1 Å². The van der Waals surface area contributed by atoms with E-state index in [9.17, 15) is 9.59 Å². The molecule has 3 rings (SSSR count). The maximum absolute atomic E-state index is 12.8. The van der Waals surface area contributed by atoms with Gasteiger partial charge in [-0.15, -0.1) is 0 Å². The Morgan fingerprint density at radius 1 is 1.19 bits per heavy atom. The summed E-state index contributed by atoms with van der Waals surface area (Å²) in [6.07, 6.45) is 2.81. The molecule has 0 aliphatic carbocycles. The Morgan fingerprint density at radius 3 is 2.52 bits per heavy atom. The zero-order valence-electron chi connectivity index (χ0n) is 16.7. The van der Waals surface area contributed by atoms with Gasteiger partial charge in [0.1, 0.15) is 11.6 Å². The molecule has 0 aromatic heterocycles. The van der Waals surface area contributed by atoms with Gasteiger partial charge in [-0.05, 0) is 58.9 Å². The molecule has 0 spiro atoms. The van der Waals surface area contributed by atoms with Crippen molar-refractivity contribution in [1.82, 2.24) is 4.90 Å². The lowest BCUT2D eigenvalue weighted by Gasteiger charge is -2.31. The van der Waals surface area contributed by atoms with Crippen LogP contribution < -0.4 is 0 Å². The highest BCUT2D eigenvalue weighted by atomic mass is 16.6. The SMILES string of the molecule is CC1CC/C(=C2\CC[C@@H](C(=O)OC(C)(C)C)N2Cc2ccccc2)C(=O)O1. The summed E-state index contributed by atoms with van der Waals surface area (Å²) in [6, 6.07) is 9.63. The number of hydrogen-bond donors (Lipinski definition) is 0. The Balaban J connectivity index is 1.91. The monoisotopic (exact) mass is 371 g/mol. The number of carbonyl (C=O) groups excluding carboxylic acids is 2. The number of esters is 2. The van der Waals surface area contributed by atoms with Gasteiger partial charge in [-0.25, -0.2) is 9.59 Å². The molecular formula is C22H29NO4. The third-order valence-corrected chi connectivity index (χ3v) is 4.96. The molecule has 27 heavy (non-hydrogen) atoms. The van der Waals surface area contributed by atoms with Crippen molar-refractivity contribution in [2.45, 2.75) is 77.7 Å². The van der Waals surface area contributed by atoms with Crippen LogP contribution >= 0.6 is 0 Å². The van der Waals surface area contributed by atoms with Gasteiger partial charge in [0.15, 0.2) is 0 Å². The topological polar surface area (TPSA) is 55.8 Å². The molecule has 0 amide bonds. The van der Waals surface area contributed by atoms with Crippen molar-refractivity contribution in [3.8, 4) is 0 Å². The van der Waals surface area contributed by atoms with Crippen molar-refractivity contribution in [1.29, 1.82) is 0 Å². The highest BCUT2D eigenvalue weighted by Crippen LogP contribution is 2.36. The van der Waals surface area contributed by atoms with Crippen LogP contribution in [0.15, 0.2) is 41.6 Å². The molecule has 0 bridgehead atoms. The summed E-state index contributed by atoms with van der Waals surface area (Å²) >= 11 is 0. The first-order chi connectivity index (χ1) is 12.7. The highest BCUT2D eigenvalue weighted by molar-refractivity contribution is 5.90. The molecule has 2 saturated heterocycles. The lowest BCUT2D eigenvalue weighted by molar-refractivity contribution is -0.160. The summed E-state index contributed by atoms with van der Waals surface area (Å²) in [5.41, 5.74) is 2.22. The standard InChI is InChI=1S/C22H29NO4/c1-15-10-11-17(20(24)26-15)18-12-13-19(21(25)27-22(2,3)4)23(18)14-16-8-6-5-7-9-16/h5-9,15,19H,10-14H2,1-4H3/b18-17-/t15?,19-/m0/s1. The van der Waals surface area contributed by atoms with E-state index in [-0.39, 0.29) is 24.1 Å². The van der Waals surface area contributed by atoms with Crippen molar-refractivity contribution in [3.05, 3.63) is 47.2 Å². The van der Waals surface area contributed by atoms with Gasteiger partial charge >= 0.3 is 11.9 Å². The van der Waals surface area contributed by atoms with Crippen LogP contribution in [0.4, 0.5) is 0 Å². The van der Waals surface area contributed by atoms with Gasteiger partial charge < -0.3 is 14.4 Å². The number of cyclic esters (lactones) is 1. The zero-order valence-corrected chi connectivity index (χ0v) is 16.7. The van der Waals surface area contributed by atoms with E-state index in [1.807, 2.05) is 58.0 Å². The smallest absolute Gasteiger partial charge is 0.336 e. The van der Waals surface area contributed by atoms with E-state index < -0.39 is 5.60 Å². The molecule has 2 atom stereocenters. The lowest BCUT2D eigenvalue weighted by atomic mass is 10.0. The van der Waals surface area contributed by atoms with Crippen LogP contribution in [0.2, 0.25) is 0 Å². The third-order valence-electron chi connectivity index (χ3n) is 4.96. The minimum Gasteiger partial charge on any atom is -0.459 e. The Kier molecular flexibility index (Phi) is 5.59. The molecule has 2 fully saturated rings. The molecule has 1 aromatic rings. The van der Waals surface area contributed by atoms with Crippen LogP contribution in [-0.2, 0) is 25.6 Å². The molecule has 5 heteroatoms. The summed E-state index contributed by atoms with van der Waals surface area (Å²) in [5, 5.41) is 0. The summed E-state index contributed by atoms with van der Waals surface area (Å²) < 4.78 is 11.1. The van der Waals surface area contributed by atoms with Crippen LogP contribution in [0.1, 0.15) is 58.9 Å². The number of benzene rings is 1. The van der Waals surface area contributed by atoms with E-state index in [1.165, 1.54) is 0 Å². The minimum absolute atomic E-state index is 0.0486. The van der Waals surface area contributed by atoms with Crippen LogP contribution in [0.5, 0.6) is 0 Å². The van der Waals surface area contributed by atoms with Gasteiger partial charge in [-0.1, -0.05) is 30.3 Å². The summed E-state index contributed by atoms with van der Waals surface area (Å²) in [4.78, 5) is 27.3. The molecule has 146 valence electrons. The van der Waals surface area contributed by atoms with Crippen molar-refractivity contribution >= 4 is 11.9 Å². The maximum Gasteiger partial charge on any atom is 0.336 e. The van der Waals surface area contributed by atoms with Gasteiger partial charge in [-0.3, -0.25) is 0 Å². The van der Waals surface area contributed by atoms with Crippen LogP contribution in [0.25, 0.3) is 0 Å². The Labute approximate surface area is 161 Å². The van der Waals surface area contributed by atoms with E-state index >= 15 is 0 Å². The zero-order chi connectivity index (χ0) is 19.6. The lowest BCUT2D eigenvalue weighted by Crippen LogP contribution is -2.40. The molecule has 2 heterocycles. The van der Waals surface area contributed by atoms with Gasteiger partial charge in [-0.2, -0.15) is 0 Å². The molecule has 5 nitrogen and oxygen atoms in total. The predicted molar refractivity (Wildman–Crippen MR) is 103 cm³/mol. The maximum atomic E-state index is 12.8. The van der Waals surface area contributed by atoms with Crippen LogP contribution in [0.3, 0.4) is 0 Å². The Bertz CT molecular complexity index is 732. The third kappa shape index (κ3) is 4.71. The van der Waals surface area contributed by atoms with Gasteiger partial charge in [0, 0.05) is 12.2 Å². The van der Waals surface area contributed by atoms with Crippen molar-refractivity contribution in [2.24, 2.45) is 0 Å². The first-order valence-electron chi connectivity index (χ1n) is 9.71. The number of hydrogen-bond acceptors (Lipinski definition) is 5. The largest absolute Gasteiger partial charge is 0.459 e. The van der Waals surface area contributed by atoms with Gasteiger partial charge in [0.25, 0.3) is 0 Å². The second kappa shape index (κ2) is 7.75. The first kappa shape index (κ1) is 19.5. The molecule has 2 aliphatic rings. The van der Waals surface area contributed by atoms with E-state index in [1.54, 1.807) is 0 Å². The number of carbonyl (C=O) groups is 2. The molecular weight excluding hydrogens is 342 g/mol. The van der Waals surface area contributed by atoms with Crippen molar-refractivity contribution in [3.63, 3.8) is 0 Å². The summed E-state index contributed by atoms with van der Waals surface area (Å²) in [5.74, 6) is -0.474. The first-order valence-corrected chi connectivity index (χ1v) is 9.71. The number of allylic oxidation sites excluding steroid dienone is 1. The van der Waals surface area contributed by atoms with E-state index in [0.29, 0.717) is 25.8 Å². The van der Waals surface area contributed by atoms with Crippen LogP contribution in [-0.4, -0.2) is 34.6 Å². The van der Waals surface area contributed by atoms with E-state index in [0.717, 1.165) is 23.3 Å². The number of nitrogens with zero attached hydrogens (tertiary/aromatic N) is 1. The van der Waals surface area contributed by atoms with Gasteiger partial charge in [0.2, 0.25) is 0 Å². The fourth-order valence-corrected chi connectivity index (χ4v) is 3.71. The highest BCUT2D eigenvalue weighted by Gasteiger charge is 2.39. The minimum atomic E-state index is -0.537. The van der Waals surface area contributed by atoms with Gasteiger partial charge in [0.05, 0.1) is 11.7 Å². The molecule has 1 aromatic carbocycles. The predicted octanol–water partition coefficient (Wildman–Crippen LogP) is 3.97. The normalized spacial score (nSPS) is 26.1. The molecule has 0 saturated carbocycles. The summed E-state index contributed by atoms with van der Waals surface area (Å²) in [7, 11) is 0. The number of likely N-dealkylation sites (tertiary alicyclic amines) is 1.